The van der Waals surface area contributed by atoms with E-state index in [0.29, 0.717) is 5.38 Å². The predicted molar refractivity (Wildman–Crippen MR) is 64.3 cm³/mol. The Labute approximate surface area is 98.5 Å². The molecule has 88 valence electrons. The summed E-state index contributed by atoms with van der Waals surface area (Å²) in [5, 5.41) is 0.449. The molecule has 1 nitrogen and oxygen atoms in total. The van der Waals surface area contributed by atoms with Crippen LogP contribution < -0.4 is 0 Å². The third-order valence-electron chi connectivity index (χ3n) is 4.41. The highest BCUT2D eigenvalue weighted by Crippen LogP contribution is 2.39. The molecule has 0 radical (unpaired) electrons. The van der Waals surface area contributed by atoms with Gasteiger partial charge < -0.3 is 4.74 Å². The first-order chi connectivity index (χ1) is 7.27. The van der Waals surface area contributed by atoms with Crippen LogP contribution in [-0.4, -0.2) is 18.6 Å². The largest absolute Gasteiger partial charge is 0.381 e. The highest BCUT2D eigenvalue weighted by Gasteiger charge is 2.31. The Morgan fingerprint density at radius 2 is 1.80 bits per heavy atom. The smallest absolute Gasteiger partial charge is 0.0468 e. The molecule has 2 aliphatic rings. The first-order valence-electron chi connectivity index (χ1n) is 6.49. The van der Waals surface area contributed by atoms with Crippen molar-refractivity contribution in [3.05, 3.63) is 0 Å². The molecule has 3 unspecified atom stereocenters. The second-order valence-electron chi connectivity index (χ2n) is 5.35. The molecule has 0 spiro atoms. The van der Waals surface area contributed by atoms with Gasteiger partial charge in [0.05, 0.1) is 0 Å². The van der Waals surface area contributed by atoms with E-state index in [1.165, 1.54) is 38.5 Å². The summed E-state index contributed by atoms with van der Waals surface area (Å²) in [6.45, 7) is 4.31. The number of hydrogen-bond donors (Lipinski definition) is 0. The van der Waals surface area contributed by atoms with Crippen molar-refractivity contribution in [3.63, 3.8) is 0 Å². The summed E-state index contributed by atoms with van der Waals surface area (Å²) in [5.41, 5.74) is 0. The van der Waals surface area contributed by atoms with Gasteiger partial charge in [-0.1, -0.05) is 13.3 Å². The Morgan fingerprint density at radius 1 is 1.07 bits per heavy atom. The summed E-state index contributed by atoms with van der Waals surface area (Å²) in [4.78, 5) is 0. The second-order valence-corrected chi connectivity index (χ2v) is 5.91. The normalized spacial score (nSPS) is 38.4. The lowest BCUT2D eigenvalue weighted by Crippen LogP contribution is -2.18. The average Bonchev–Trinajstić information content (AvgIpc) is 2.59. The molecule has 0 N–H and O–H groups in total. The van der Waals surface area contributed by atoms with Crippen molar-refractivity contribution < 1.29 is 4.74 Å². The zero-order valence-electron chi connectivity index (χ0n) is 9.75. The summed E-state index contributed by atoms with van der Waals surface area (Å²) in [5.74, 6) is 2.57. The molecule has 0 amide bonds. The quantitative estimate of drug-likeness (QED) is 0.670. The van der Waals surface area contributed by atoms with Crippen LogP contribution in [0.5, 0.6) is 0 Å². The van der Waals surface area contributed by atoms with Gasteiger partial charge in [-0.25, -0.2) is 0 Å². The van der Waals surface area contributed by atoms with Crippen molar-refractivity contribution in [2.75, 3.05) is 13.2 Å². The van der Waals surface area contributed by atoms with E-state index >= 15 is 0 Å². The van der Waals surface area contributed by atoms with Gasteiger partial charge in [-0.05, 0) is 49.9 Å². The van der Waals surface area contributed by atoms with Crippen molar-refractivity contribution in [1.29, 1.82) is 0 Å². The molecule has 1 aliphatic carbocycles. The lowest BCUT2D eigenvalue weighted by Gasteiger charge is -2.24. The van der Waals surface area contributed by atoms with Crippen molar-refractivity contribution >= 4 is 11.6 Å². The van der Waals surface area contributed by atoms with Crippen molar-refractivity contribution in [2.24, 2.45) is 17.8 Å². The Morgan fingerprint density at radius 3 is 2.40 bits per heavy atom. The summed E-state index contributed by atoms with van der Waals surface area (Å²) < 4.78 is 5.39. The fourth-order valence-electron chi connectivity index (χ4n) is 3.09. The highest BCUT2D eigenvalue weighted by molar-refractivity contribution is 6.20. The van der Waals surface area contributed by atoms with Crippen LogP contribution in [0.15, 0.2) is 0 Å². The number of alkyl halides is 1. The SMILES string of the molecule is CC1C(Cl)CCC1CCC1CCOCC1. The predicted octanol–water partition coefficient (Wildman–Crippen LogP) is 3.85. The number of halogens is 1. The van der Waals surface area contributed by atoms with Crippen LogP contribution >= 0.6 is 11.6 Å². The Kier molecular flexibility index (Phi) is 4.33. The van der Waals surface area contributed by atoms with Gasteiger partial charge in [-0.2, -0.15) is 0 Å². The Bertz CT molecular complexity index is 189. The molecule has 2 rings (SSSR count). The topological polar surface area (TPSA) is 9.23 Å². The third-order valence-corrected chi connectivity index (χ3v) is 5.03. The maximum Gasteiger partial charge on any atom is 0.0468 e. The summed E-state index contributed by atoms with van der Waals surface area (Å²) in [6, 6.07) is 0. The highest BCUT2D eigenvalue weighted by atomic mass is 35.5. The molecule has 1 aliphatic heterocycles. The van der Waals surface area contributed by atoms with E-state index in [1.54, 1.807) is 0 Å². The maximum absolute atomic E-state index is 6.26. The molecule has 0 aromatic heterocycles. The molecule has 1 saturated heterocycles. The lowest BCUT2D eigenvalue weighted by atomic mass is 9.86. The van der Waals surface area contributed by atoms with Gasteiger partial charge in [-0.3, -0.25) is 0 Å². The van der Waals surface area contributed by atoms with Gasteiger partial charge in [0.2, 0.25) is 0 Å². The fraction of sp³-hybridized carbons (Fsp3) is 1.00. The monoisotopic (exact) mass is 230 g/mol. The molecule has 2 fully saturated rings. The maximum atomic E-state index is 6.26. The van der Waals surface area contributed by atoms with E-state index in [-0.39, 0.29) is 0 Å². The van der Waals surface area contributed by atoms with Crippen LogP contribution in [0.4, 0.5) is 0 Å². The minimum Gasteiger partial charge on any atom is -0.381 e. The van der Waals surface area contributed by atoms with Crippen LogP contribution in [0.3, 0.4) is 0 Å². The molecule has 1 heterocycles. The van der Waals surface area contributed by atoms with Crippen molar-refractivity contribution in [1.82, 2.24) is 0 Å². The summed E-state index contributed by atoms with van der Waals surface area (Å²) in [6.07, 6.45) is 7.97. The molecule has 0 aromatic rings. The zero-order valence-corrected chi connectivity index (χ0v) is 10.5. The van der Waals surface area contributed by atoms with Crippen LogP contribution in [0, 0.1) is 17.8 Å². The van der Waals surface area contributed by atoms with E-state index in [0.717, 1.165) is 31.0 Å². The minimum atomic E-state index is 0.449. The summed E-state index contributed by atoms with van der Waals surface area (Å²) in [7, 11) is 0. The molecule has 2 heteroatoms. The molecule has 0 bridgehead atoms. The van der Waals surface area contributed by atoms with Gasteiger partial charge in [0, 0.05) is 18.6 Å². The Balaban J connectivity index is 1.68. The fourth-order valence-corrected chi connectivity index (χ4v) is 3.42. The molecule has 15 heavy (non-hydrogen) atoms. The van der Waals surface area contributed by atoms with Crippen LogP contribution in [0.1, 0.15) is 45.4 Å². The van der Waals surface area contributed by atoms with Gasteiger partial charge >= 0.3 is 0 Å². The van der Waals surface area contributed by atoms with Crippen molar-refractivity contribution in [2.45, 2.75) is 50.8 Å². The number of hydrogen-bond acceptors (Lipinski definition) is 1. The third kappa shape index (κ3) is 3.10. The Hall–Kier alpha value is 0.250. The lowest BCUT2D eigenvalue weighted by molar-refractivity contribution is 0.0613. The second kappa shape index (κ2) is 5.54. The standard InChI is InChI=1S/C13H23ClO/c1-10-12(4-5-13(10)14)3-2-11-6-8-15-9-7-11/h10-13H,2-9H2,1H3. The molecule has 3 atom stereocenters. The zero-order chi connectivity index (χ0) is 10.7. The van der Waals surface area contributed by atoms with E-state index < -0.39 is 0 Å². The van der Waals surface area contributed by atoms with E-state index in [9.17, 15) is 0 Å². The van der Waals surface area contributed by atoms with Crippen LogP contribution in [-0.2, 0) is 4.74 Å². The first-order valence-corrected chi connectivity index (χ1v) is 6.93. The number of rotatable bonds is 3. The van der Waals surface area contributed by atoms with E-state index in [2.05, 4.69) is 6.92 Å². The molecular formula is C13H23ClO. The van der Waals surface area contributed by atoms with Crippen molar-refractivity contribution in [3.8, 4) is 0 Å². The number of ether oxygens (including phenoxy) is 1. The van der Waals surface area contributed by atoms with Gasteiger partial charge in [0.15, 0.2) is 0 Å². The summed E-state index contributed by atoms with van der Waals surface area (Å²) >= 11 is 6.26. The molecule has 0 aromatic carbocycles. The van der Waals surface area contributed by atoms with Gasteiger partial charge in [0.25, 0.3) is 0 Å². The van der Waals surface area contributed by atoms with E-state index in [4.69, 9.17) is 16.3 Å². The van der Waals surface area contributed by atoms with Crippen LogP contribution in [0.25, 0.3) is 0 Å². The van der Waals surface area contributed by atoms with Crippen LogP contribution in [0.2, 0.25) is 0 Å². The van der Waals surface area contributed by atoms with Gasteiger partial charge in [0.1, 0.15) is 0 Å². The molecular weight excluding hydrogens is 208 g/mol. The van der Waals surface area contributed by atoms with Gasteiger partial charge in [-0.15, -0.1) is 11.6 Å². The average molecular weight is 231 g/mol. The first kappa shape index (κ1) is 11.7. The van der Waals surface area contributed by atoms with E-state index in [1.807, 2.05) is 0 Å². The minimum absolute atomic E-state index is 0.449. The molecule has 1 saturated carbocycles.